The van der Waals surface area contributed by atoms with Crippen LogP contribution in [0.3, 0.4) is 0 Å². The molecule has 2 aromatic rings. The number of carbonyl (C=O) groups excluding carboxylic acids is 1. The fraction of sp³-hybridized carbons (Fsp3) is 0.300. The summed E-state index contributed by atoms with van der Waals surface area (Å²) in [6.07, 6.45) is 1.28. The molecule has 1 aromatic carbocycles. The van der Waals surface area contributed by atoms with E-state index in [1.165, 1.54) is 12.1 Å². The standard InChI is InChI=1S/C20H22FN3O2/c1-4-5-6-7-11-26-17-10-8-9-16(18(17)21)24-20(25)15-12-13(2)14(3)23-19(15)22/h8-10,12H,4,7,11H2,1-3H3,(H2,22,23)(H,24,25). The molecule has 0 aliphatic heterocycles. The number of nitrogens with zero attached hydrogens (tertiary/aromatic N) is 1. The Morgan fingerprint density at radius 1 is 1.35 bits per heavy atom. The van der Waals surface area contributed by atoms with Crippen LogP contribution in [0.25, 0.3) is 0 Å². The fourth-order valence-electron chi connectivity index (χ4n) is 2.24. The molecule has 6 heteroatoms. The Kier molecular flexibility index (Phi) is 6.56. The molecular formula is C20H22FN3O2. The van der Waals surface area contributed by atoms with Crippen LogP contribution in [0.2, 0.25) is 0 Å². The summed E-state index contributed by atoms with van der Waals surface area (Å²) >= 11 is 0. The summed E-state index contributed by atoms with van der Waals surface area (Å²) in [6, 6.07) is 6.21. The molecular weight excluding hydrogens is 333 g/mol. The molecule has 0 bridgehead atoms. The van der Waals surface area contributed by atoms with Gasteiger partial charge in [0.05, 0.1) is 17.9 Å². The highest BCUT2D eigenvalue weighted by atomic mass is 19.1. The van der Waals surface area contributed by atoms with E-state index in [2.05, 4.69) is 22.1 Å². The van der Waals surface area contributed by atoms with Crippen LogP contribution >= 0.6 is 0 Å². The van der Waals surface area contributed by atoms with Crippen molar-refractivity contribution in [3.05, 3.63) is 46.9 Å². The first-order valence-corrected chi connectivity index (χ1v) is 8.36. The van der Waals surface area contributed by atoms with Crippen LogP contribution in [0, 0.1) is 31.5 Å². The molecule has 0 atom stereocenters. The predicted octanol–water partition coefficient (Wildman–Crippen LogP) is 3.85. The van der Waals surface area contributed by atoms with E-state index >= 15 is 0 Å². The second-order valence-electron chi connectivity index (χ2n) is 5.70. The average molecular weight is 355 g/mol. The van der Waals surface area contributed by atoms with Gasteiger partial charge < -0.3 is 15.8 Å². The van der Waals surface area contributed by atoms with Crippen molar-refractivity contribution < 1.29 is 13.9 Å². The Morgan fingerprint density at radius 3 is 2.85 bits per heavy atom. The highest BCUT2D eigenvalue weighted by Crippen LogP contribution is 2.25. The van der Waals surface area contributed by atoms with Crippen molar-refractivity contribution in [2.45, 2.75) is 33.6 Å². The number of aromatic nitrogens is 1. The Morgan fingerprint density at radius 2 is 2.12 bits per heavy atom. The zero-order valence-corrected chi connectivity index (χ0v) is 15.1. The normalized spacial score (nSPS) is 10.0. The quantitative estimate of drug-likeness (QED) is 0.631. The topological polar surface area (TPSA) is 77.2 Å². The zero-order chi connectivity index (χ0) is 19.1. The number of amides is 1. The van der Waals surface area contributed by atoms with Crippen LogP contribution in [0.5, 0.6) is 5.75 Å². The first-order chi connectivity index (χ1) is 12.4. The minimum atomic E-state index is -0.639. The summed E-state index contributed by atoms with van der Waals surface area (Å²) in [5.41, 5.74) is 7.61. The molecule has 1 heterocycles. The largest absolute Gasteiger partial charge is 0.489 e. The maximum atomic E-state index is 14.5. The van der Waals surface area contributed by atoms with Gasteiger partial charge in [0.1, 0.15) is 5.82 Å². The molecule has 26 heavy (non-hydrogen) atoms. The molecule has 2 rings (SSSR count). The number of carbonyl (C=O) groups is 1. The lowest BCUT2D eigenvalue weighted by molar-refractivity contribution is 0.102. The van der Waals surface area contributed by atoms with E-state index in [4.69, 9.17) is 10.5 Å². The van der Waals surface area contributed by atoms with Crippen molar-refractivity contribution in [1.29, 1.82) is 0 Å². The highest BCUT2D eigenvalue weighted by Gasteiger charge is 2.16. The average Bonchev–Trinajstić information content (AvgIpc) is 2.60. The Labute approximate surface area is 152 Å². The number of nitrogen functional groups attached to an aromatic ring is 1. The van der Waals surface area contributed by atoms with Crippen molar-refractivity contribution in [2.75, 3.05) is 17.7 Å². The number of halogens is 1. The van der Waals surface area contributed by atoms with Crippen LogP contribution in [0.4, 0.5) is 15.9 Å². The number of anilines is 2. The third kappa shape index (κ3) is 4.73. The van der Waals surface area contributed by atoms with E-state index in [9.17, 15) is 9.18 Å². The lowest BCUT2D eigenvalue weighted by Crippen LogP contribution is -2.17. The molecule has 5 nitrogen and oxygen atoms in total. The first-order valence-electron chi connectivity index (χ1n) is 8.36. The zero-order valence-electron chi connectivity index (χ0n) is 15.1. The number of rotatable bonds is 5. The number of aryl methyl sites for hydroxylation is 2. The SMILES string of the molecule is CCC#CCCOc1cccc(NC(=O)c2cc(C)c(C)nc2N)c1F. The summed E-state index contributed by atoms with van der Waals surface area (Å²) < 4.78 is 19.9. The molecule has 136 valence electrons. The smallest absolute Gasteiger partial charge is 0.259 e. The maximum absolute atomic E-state index is 14.5. The lowest BCUT2D eigenvalue weighted by atomic mass is 10.1. The molecule has 0 radical (unpaired) electrons. The predicted molar refractivity (Wildman–Crippen MR) is 101 cm³/mol. The van der Waals surface area contributed by atoms with Crippen LogP contribution in [-0.4, -0.2) is 17.5 Å². The van der Waals surface area contributed by atoms with Crippen molar-refractivity contribution in [2.24, 2.45) is 0 Å². The monoisotopic (exact) mass is 355 g/mol. The van der Waals surface area contributed by atoms with E-state index in [1.54, 1.807) is 19.1 Å². The summed E-state index contributed by atoms with van der Waals surface area (Å²) in [4.78, 5) is 16.6. The number of nitrogens with one attached hydrogen (secondary N) is 1. The van der Waals surface area contributed by atoms with Crippen molar-refractivity contribution >= 4 is 17.4 Å². The Balaban J connectivity index is 2.13. The second-order valence-corrected chi connectivity index (χ2v) is 5.70. The maximum Gasteiger partial charge on any atom is 0.259 e. The molecule has 0 fully saturated rings. The van der Waals surface area contributed by atoms with E-state index in [0.717, 1.165) is 17.7 Å². The molecule has 0 saturated heterocycles. The van der Waals surface area contributed by atoms with Crippen LogP contribution in [-0.2, 0) is 0 Å². The van der Waals surface area contributed by atoms with Gasteiger partial charge in [-0.15, -0.1) is 5.92 Å². The fourth-order valence-corrected chi connectivity index (χ4v) is 2.24. The Hall–Kier alpha value is -3.07. The number of hydrogen-bond donors (Lipinski definition) is 2. The van der Waals surface area contributed by atoms with Gasteiger partial charge >= 0.3 is 0 Å². The number of benzene rings is 1. The van der Waals surface area contributed by atoms with Gasteiger partial charge in [-0.2, -0.15) is 0 Å². The number of nitrogens with two attached hydrogens (primary N) is 1. The summed E-state index contributed by atoms with van der Waals surface area (Å²) in [5, 5.41) is 2.52. The molecule has 0 unspecified atom stereocenters. The Bertz CT molecular complexity index is 869. The van der Waals surface area contributed by atoms with Gasteiger partial charge in [-0.05, 0) is 37.6 Å². The van der Waals surface area contributed by atoms with Gasteiger partial charge in [0.2, 0.25) is 0 Å². The van der Waals surface area contributed by atoms with E-state index in [-0.39, 0.29) is 29.4 Å². The van der Waals surface area contributed by atoms with Crippen molar-refractivity contribution in [3.8, 4) is 17.6 Å². The minimum Gasteiger partial charge on any atom is -0.489 e. The van der Waals surface area contributed by atoms with Crippen molar-refractivity contribution in [1.82, 2.24) is 4.98 Å². The molecule has 1 aromatic heterocycles. The summed E-state index contributed by atoms with van der Waals surface area (Å²) in [7, 11) is 0. The number of pyridine rings is 1. The van der Waals surface area contributed by atoms with Gasteiger partial charge in [-0.1, -0.05) is 18.9 Å². The van der Waals surface area contributed by atoms with Gasteiger partial charge in [0.25, 0.3) is 5.91 Å². The van der Waals surface area contributed by atoms with E-state index in [0.29, 0.717) is 6.42 Å². The number of ether oxygens (including phenoxy) is 1. The second kappa shape index (κ2) is 8.86. The van der Waals surface area contributed by atoms with Gasteiger partial charge in [-0.3, -0.25) is 4.79 Å². The molecule has 0 aliphatic carbocycles. The van der Waals surface area contributed by atoms with Gasteiger partial charge in [0.15, 0.2) is 11.6 Å². The van der Waals surface area contributed by atoms with E-state index in [1.807, 2.05) is 13.8 Å². The van der Waals surface area contributed by atoms with Crippen molar-refractivity contribution in [3.63, 3.8) is 0 Å². The third-order valence-corrected chi connectivity index (χ3v) is 3.74. The lowest BCUT2D eigenvalue weighted by Gasteiger charge is -2.12. The first kappa shape index (κ1) is 19.3. The minimum absolute atomic E-state index is 0.0183. The van der Waals surface area contributed by atoms with E-state index < -0.39 is 11.7 Å². The summed E-state index contributed by atoms with van der Waals surface area (Å²) in [5.74, 6) is 4.84. The van der Waals surface area contributed by atoms with Crippen LogP contribution < -0.4 is 15.8 Å². The number of hydrogen-bond acceptors (Lipinski definition) is 4. The van der Waals surface area contributed by atoms with Gasteiger partial charge in [0, 0.05) is 18.5 Å². The highest BCUT2D eigenvalue weighted by molar-refractivity contribution is 6.07. The molecule has 0 spiro atoms. The molecule has 1 amide bonds. The molecule has 3 N–H and O–H groups in total. The van der Waals surface area contributed by atoms with Crippen LogP contribution in [0.15, 0.2) is 24.3 Å². The van der Waals surface area contributed by atoms with Gasteiger partial charge in [-0.25, -0.2) is 9.37 Å². The molecule has 0 aliphatic rings. The summed E-state index contributed by atoms with van der Waals surface area (Å²) in [6.45, 7) is 5.86. The third-order valence-electron chi connectivity index (χ3n) is 3.74. The van der Waals surface area contributed by atoms with Crippen LogP contribution in [0.1, 0.15) is 41.4 Å². The molecule has 0 saturated carbocycles.